The molecule has 1 aromatic carbocycles. The fourth-order valence-electron chi connectivity index (χ4n) is 3.48. The van der Waals surface area contributed by atoms with Crippen LogP contribution in [0.1, 0.15) is 37.8 Å². The van der Waals surface area contributed by atoms with E-state index in [0.29, 0.717) is 6.04 Å². The molecule has 0 bridgehead atoms. The highest BCUT2D eigenvalue weighted by atomic mass is 35.5. The first-order valence-corrected chi connectivity index (χ1v) is 8.06. The van der Waals surface area contributed by atoms with Crippen molar-refractivity contribution in [1.82, 2.24) is 10.2 Å². The predicted octanol–water partition coefficient (Wildman–Crippen LogP) is 3.68. The normalized spacial score (nSPS) is 20.2. The summed E-state index contributed by atoms with van der Waals surface area (Å²) in [6.07, 6.45) is 4.13. The van der Waals surface area contributed by atoms with Gasteiger partial charge in [0.05, 0.1) is 6.61 Å². The van der Waals surface area contributed by atoms with Crippen molar-refractivity contribution in [1.29, 1.82) is 0 Å². The van der Waals surface area contributed by atoms with E-state index in [9.17, 15) is 0 Å². The van der Waals surface area contributed by atoms with E-state index in [4.69, 9.17) is 4.74 Å². The first kappa shape index (κ1) is 19.6. The quantitative estimate of drug-likeness (QED) is 0.880. The van der Waals surface area contributed by atoms with E-state index in [1.807, 2.05) is 0 Å². The number of rotatable bonds is 5. The molecule has 5 heteroatoms. The molecular weight excluding hydrogens is 319 g/mol. The van der Waals surface area contributed by atoms with Crippen molar-refractivity contribution < 1.29 is 4.74 Å². The van der Waals surface area contributed by atoms with E-state index in [0.717, 1.165) is 44.5 Å². The van der Waals surface area contributed by atoms with Crippen molar-refractivity contribution in [2.45, 2.75) is 32.2 Å². The summed E-state index contributed by atoms with van der Waals surface area (Å²) in [6, 6.07) is 9.20. The van der Waals surface area contributed by atoms with E-state index in [-0.39, 0.29) is 24.8 Å². The lowest BCUT2D eigenvalue weighted by Gasteiger charge is -2.43. The van der Waals surface area contributed by atoms with Crippen LogP contribution in [-0.2, 0) is 0 Å². The Morgan fingerprint density at radius 2 is 1.86 bits per heavy atom. The second-order valence-corrected chi connectivity index (χ2v) is 5.89. The number of benzene rings is 1. The van der Waals surface area contributed by atoms with Crippen molar-refractivity contribution in [3.63, 3.8) is 0 Å². The zero-order valence-electron chi connectivity index (χ0n) is 13.3. The lowest BCUT2D eigenvalue weighted by molar-refractivity contribution is 0.0814. The zero-order chi connectivity index (χ0) is 13.8. The summed E-state index contributed by atoms with van der Waals surface area (Å²) >= 11 is 0. The Bertz CT molecular complexity index is 434. The van der Waals surface area contributed by atoms with Gasteiger partial charge in [0, 0.05) is 37.8 Å². The molecule has 126 valence electrons. The Kier molecular flexibility index (Phi) is 8.55. The molecule has 1 atom stereocenters. The second kappa shape index (κ2) is 9.61. The molecular formula is C17H28Cl2N2O. The summed E-state index contributed by atoms with van der Waals surface area (Å²) in [5.74, 6) is 1.90. The Balaban J connectivity index is 0.00000121. The molecule has 1 saturated heterocycles. The second-order valence-electron chi connectivity index (χ2n) is 5.89. The van der Waals surface area contributed by atoms with Crippen molar-refractivity contribution >= 4 is 24.8 Å². The molecule has 2 aliphatic rings. The van der Waals surface area contributed by atoms with Gasteiger partial charge in [0.25, 0.3) is 0 Å². The summed E-state index contributed by atoms with van der Waals surface area (Å²) < 4.78 is 5.89. The van der Waals surface area contributed by atoms with Crippen LogP contribution in [0.5, 0.6) is 5.75 Å². The van der Waals surface area contributed by atoms with Crippen molar-refractivity contribution in [2.24, 2.45) is 5.92 Å². The van der Waals surface area contributed by atoms with E-state index < -0.39 is 0 Å². The molecule has 1 aliphatic heterocycles. The first-order valence-electron chi connectivity index (χ1n) is 8.06. The number of nitrogens with one attached hydrogen (secondary N) is 1. The summed E-state index contributed by atoms with van der Waals surface area (Å²) in [4.78, 5) is 2.66. The standard InChI is InChI=1S/C17H26N2O.2ClH/c1-2-20-16-9-4-3-8-15(16)17(14-6-5-7-14)19-12-10-18-11-13-19;;/h3-4,8-9,14,17-18H,2,5-7,10-13H2,1H3;2*1H/t17-;;/m1../s1. The lowest BCUT2D eigenvalue weighted by atomic mass is 9.76. The third-order valence-corrected chi connectivity index (χ3v) is 4.68. The predicted molar refractivity (Wildman–Crippen MR) is 96.6 cm³/mol. The fraction of sp³-hybridized carbons (Fsp3) is 0.647. The van der Waals surface area contributed by atoms with Gasteiger partial charge in [-0.15, -0.1) is 24.8 Å². The van der Waals surface area contributed by atoms with Gasteiger partial charge in [-0.25, -0.2) is 0 Å². The van der Waals surface area contributed by atoms with E-state index in [1.165, 1.54) is 24.8 Å². The van der Waals surface area contributed by atoms with Gasteiger partial charge in [-0.1, -0.05) is 24.6 Å². The Labute approximate surface area is 146 Å². The minimum Gasteiger partial charge on any atom is -0.494 e. The van der Waals surface area contributed by atoms with Gasteiger partial charge < -0.3 is 10.1 Å². The van der Waals surface area contributed by atoms with Crippen LogP contribution in [0.25, 0.3) is 0 Å². The highest BCUT2D eigenvalue weighted by Gasteiger charge is 2.34. The Morgan fingerprint density at radius 3 is 2.45 bits per heavy atom. The number of halogens is 2. The molecule has 1 heterocycles. The molecule has 0 aromatic heterocycles. The topological polar surface area (TPSA) is 24.5 Å². The van der Waals surface area contributed by atoms with Gasteiger partial charge >= 0.3 is 0 Å². The third-order valence-electron chi connectivity index (χ3n) is 4.68. The van der Waals surface area contributed by atoms with Gasteiger partial charge in [-0.2, -0.15) is 0 Å². The molecule has 0 unspecified atom stereocenters. The maximum atomic E-state index is 5.89. The minimum atomic E-state index is 0. The summed E-state index contributed by atoms with van der Waals surface area (Å²) in [5.41, 5.74) is 1.40. The fourth-order valence-corrected chi connectivity index (χ4v) is 3.48. The van der Waals surface area contributed by atoms with E-state index in [2.05, 4.69) is 41.4 Å². The molecule has 3 nitrogen and oxygen atoms in total. The van der Waals surface area contributed by atoms with Crippen LogP contribution in [0.4, 0.5) is 0 Å². The number of hydrogen-bond acceptors (Lipinski definition) is 3. The van der Waals surface area contributed by atoms with Gasteiger partial charge in [-0.05, 0) is 31.7 Å². The molecule has 3 rings (SSSR count). The summed E-state index contributed by atoms with van der Waals surface area (Å²) in [6.45, 7) is 7.35. The molecule has 0 amide bonds. The van der Waals surface area contributed by atoms with Crippen LogP contribution in [0.15, 0.2) is 24.3 Å². The number of para-hydroxylation sites is 1. The first-order chi connectivity index (χ1) is 9.90. The summed E-state index contributed by atoms with van der Waals surface area (Å²) in [7, 11) is 0. The van der Waals surface area contributed by atoms with E-state index in [1.54, 1.807) is 0 Å². The largest absolute Gasteiger partial charge is 0.494 e. The monoisotopic (exact) mass is 346 g/mol. The molecule has 0 radical (unpaired) electrons. The van der Waals surface area contributed by atoms with Crippen LogP contribution in [0.2, 0.25) is 0 Å². The SMILES string of the molecule is CCOc1ccccc1[C@@H](C1CCC1)N1CCNCC1.Cl.Cl. The van der Waals surface area contributed by atoms with Crippen LogP contribution in [0, 0.1) is 5.92 Å². The number of nitrogens with zero attached hydrogens (tertiary/aromatic N) is 1. The maximum absolute atomic E-state index is 5.89. The van der Waals surface area contributed by atoms with Crippen molar-refractivity contribution in [3.05, 3.63) is 29.8 Å². The van der Waals surface area contributed by atoms with Crippen molar-refractivity contribution in [2.75, 3.05) is 32.8 Å². The maximum Gasteiger partial charge on any atom is 0.124 e. The molecule has 1 saturated carbocycles. The third kappa shape index (κ3) is 4.29. The molecule has 2 fully saturated rings. The van der Waals surface area contributed by atoms with Gasteiger partial charge in [0.15, 0.2) is 0 Å². The molecule has 1 N–H and O–H groups in total. The molecule has 1 aromatic rings. The number of ether oxygens (including phenoxy) is 1. The van der Waals surface area contributed by atoms with Gasteiger partial charge in [0.1, 0.15) is 5.75 Å². The minimum absolute atomic E-state index is 0. The smallest absolute Gasteiger partial charge is 0.124 e. The van der Waals surface area contributed by atoms with E-state index >= 15 is 0 Å². The Morgan fingerprint density at radius 1 is 1.18 bits per heavy atom. The molecule has 0 spiro atoms. The zero-order valence-corrected chi connectivity index (χ0v) is 14.9. The number of hydrogen-bond donors (Lipinski definition) is 1. The van der Waals surface area contributed by atoms with Gasteiger partial charge in [-0.3, -0.25) is 4.90 Å². The summed E-state index contributed by atoms with van der Waals surface area (Å²) in [5, 5.41) is 3.46. The molecule has 22 heavy (non-hydrogen) atoms. The highest BCUT2D eigenvalue weighted by molar-refractivity contribution is 5.85. The number of piperazine rings is 1. The van der Waals surface area contributed by atoms with Gasteiger partial charge in [0.2, 0.25) is 0 Å². The highest BCUT2D eigenvalue weighted by Crippen LogP contribution is 2.44. The van der Waals surface area contributed by atoms with Crippen LogP contribution >= 0.6 is 24.8 Å². The van der Waals surface area contributed by atoms with Crippen molar-refractivity contribution in [3.8, 4) is 5.75 Å². The average Bonchev–Trinajstić information content (AvgIpc) is 2.45. The average molecular weight is 347 g/mol. The van der Waals surface area contributed by atoms with Crippen LogP contribution in [0.3, 0.4) is 0 Å². The van der Waals surface area contributed by atoms with Crippen LogP contribution < -0.4 is 10.1 Å². The molecule has 1 aliphatic carbocycles. The lowest BCUT2D eigenvalue weighted by Crippen LogP contribution is -2.47. The van der Waals surface area contributed by atoms with Crippen LogP contribution in [-0.4, -0.2) is 37.7 Å². The Hall–Kier alpha value is -0.480.